The SMILES string of the molecule is CC(C)c1cc(-c2ccnc(-c3cc(-c4ccccc4)cc(-c4cccc5c4nc(-c4cccc(C(C)(C)C)c4O)n5-c4ccc(C(C)(C)C)cc4-c4ccccc4)c3)c2)cc(C(C)C)c1. The van der Waals surface area contributed by atoms with Crippen LogP contribution in [0.4, 0.5) is 0 Å². The third kappa shape index (κ3) is 8.61. The van der Waals surface area contributed by atoms with E-state index < -0.39 is 0 Å². The van der Waals surface area contributed by atoms with Gasteiger partial charge < -0.3 is 5.11 Å². The van der Waals surface area contributed by atoms with Gasteiger partial charge in [-0.25, -0.2) is 4.98 Å². The molecule has 0 spiro atoms. The molecule has 4 nitrogen and oxygen atoms in total. The zero-order valence-corrected chi connectivity index (χ0v) is 40.1. The maximum absolute atomic E-state index is 12.3. The topological polar surface area (TPSA) is 50.9 Å². The van der Waals surface area contributed by atoms with Crippen LogP contribution >= 0.6 is 0 Å². The Morgan fingerprint density at radius 1 is 0.470 bits per heavy atom. The Kier molecular flexibility index (Phi) is 11.6. The molecule has 2 aromatic heterocycles. The first kappa shape index (κ1) is 44.2. The van der Waals surface area contributed by atoms with Crippen molar-refractivity contribution in [1.82, 2.24) is 14.5 Å². The van der Waals surface area contributed by atoms with Crippen LogP contribution < -0.4 is 0 Å². The Hall–Kier alpha value is -7.04. The molecule has 0 radical (unpaired) electrons. The van der Waals surface area contributed by atoms with E-state index in [9.17, 15) is 5.11 Å². The molecule has 7 aromatic carbocycles. The number of aromatic hydroxyl groups is 1. The molecule has 0 fully saturated rings. The number of fused-ring (bicyclic) bond motifs is 1. The summed E-state index contributed by atoms with van der Waals surface area (Å²) < 4.78 is 2.26. The van der Waals surface area contributed by atoms with Crippen molar-refractivity contribution in [3.05, 3.63) is 192 Å². The summed E-state index contributed by atoms with van der Waals surface area (Å²) in [6.45, 7) is 22.2. The lowest BCUT2D eigenvalue weighted by atomic mass is 9.84. The molecule has 2 heterocycles. The Morgan fingerprint density at radius 2 is 1.08 bits per heavy atom. The Balaban J connectivity index is 1.31. The lowest BCUT2D eigenvalue weighted by molar-refractivity contribution is 0.448. The largest absolute Gasteiger partial charge is 0.507 e. The highest BCUT2D eigenvalue weighted by atomic mass is 16.3. The first-order valence-electron chi connectivity index (χ1n) is 23.4. The molecule has 0 unspecified atom stereocenters. The van der Waals surface area contributed by atoms with Crippen molar-refractivity contribution in [3.63, 3.8) is 0 Å². The van der Waals surface area contributed by atoms with E-state index in [-0.39, 0.29) is 16.6 Å². The fourth-order valence-electron chi connectivity index (χ4n) is 9.14. The lowest BCUT2D eigenvalue weighted by Crippen LogP contribution is -2.12. The van der Waals surface area contributed by atoms with Crippen molar-refractivity contribution in [3.8, 4) is 78.6 Å². The zero-order valence-electron chi connectivity index (χ0n) is 40.1. The summed E-state index contributed by atoms with van der Waals surface area (Å²) in [5, 5.41) is 12.3. The first-order valence-corrected chi connectivity index (χ1v) is 23.4. The summed E-state index contributed by atoms with van der Waals surface area (Å²) in [4.78, 5) is 10.6. The van der Waals surface area contributed by atoms with E-state index in [1.165, 1.54) is 22.3 Å². The maximum atomic E-state index is 12.3. The van der Waals surface area contributed by atoms with Crippen LogP contribution in [0, 0.1) is 0 Å². The quantitative estimate of drug-likeness (QED) is 0.157. The van der Waals surface area contributed by atoms with Gasteiger partial charge in [-0.2, -0.15) is 0 Å². The number of benzene rings is 7. The van der Waals surface area contributed by atoms with Gasteiger partial charge in [0.1, 0.15) is 11.6 Å². The van der Waals surface area contributed by atoms with Gasteiger partial charge in [-0.05, 0) is 133 Å². The van der Waals surface area contributed by atoms with Gasteiger partial charge in [0.05, 0.1) is 28.0 Å². The number of nitrogens with zero attached hydrogens (tertiary/aromatic N) is 3. The number of hydrogen-bond donors (Lipinski definition) is 1. The average Bonchev–Trinajstić information content (AvgIpc) is 3.70. The standard InChI is InChI=1S/C62H61N3O/c1-39(2)44-31-45(40(3)4)33-47(32-44)43-29-30-63-55(37-43)49-35-46(41-19-13-11-14-20-41)34-48(36-49)51-23-18-26-57-58(51)64-60(52-24-17-25-54(59(52)66)62(8,9)10)65(57)56-28-27-50(61(5,6)7)38-53(56)42-21-15-12-16-22-42/h11-40,66H,1-10H3. The van der Waals surface area contributed by atoms with Crippen LogP contribution in [-0.2, 0) is 10.8 Å². The minimum Gasteiger partial charge on any atom is -0.507 e. The third-order valence-corrected chi connectivity index (χ3v) is 13.0. The molecule has 0 saturated carbocycles. The minimum absolute atomic E-state index is 0.0701. The van der Waals surface area contributed by atoms with Crippen molar-refractivity contribution in [2.45, 2.75) is 91.9 Å². The van der Waals surface area contributed by atoms with Crippen LogP contribution in [0.5, 0.6) is 5.75 Å². The van der Waals surface area contributed by atoms with Crippen LogP contribution in [0.15, 0.2) is 170 Å². The highest BCUT2D eigenvalue weighted by molar-refractivity contribution is 5.98. The highest BCUT2D eigenvalue weighted by Gasteiger charge is 2.27. The van der Waals surface area contributed by atoms with Gasteiger partial charge in [-0.15, -0.1) is 0 Å². The molecule has 0 aliphatic rings. The van der Waals surface area contributed by atoms with Crippen LogP contribution in [0.1, 0.15) is 103 Å². The molecular weight excluding hydrogens is 803 g/mol. The van der Waals surface area contributed by atoms with E-state index in [0.29, 0.717) is 23.2 Å². The lowest BCUT2D eigenvalue weighted by Gasteiger charge is -2.24. The number of imidazole rings is 1. The van der Waals surface area contributed by atoms with Gasteiger partial charge in [0.15, 0.2) is 0 Å². The predicted molar refractivity (Wildman–Crippen MR) is 279 cm³/mol. The van der Waals surface area contributed by atoms with Crippen molar-refractivity contribution in [1.29, 1.82) is 0 Å². The molecule has 0 bridgehead atoms. The van der Waals surface area contributed by atoms with Crippen molar-refractivity contribution in [2.75, 3.05) is 0 Å². The number of phenols is 1. The van der Waals surface area contributed by atoms with E-state index in [1.54, 1.807) is 0 Å². The van der Waals surface area contributed by atoms with Gasteiger partial charge in [0.25, 0.3) is 0 Å². The zero-order chi connectivity index (χ0) is 46.5. The number of hydrogen-bond acceptors (Lipinski definition) is 3. The second-order valence-corrected chi connectivity index (χ2v) is 20.5. The summed E-state index contributed by atoms with van der Waals surface area (Å²) in [6.07, 6.45) is 1.94. The monoisotopic (exact) mass is 863 g/mol. The maximum Gasteiger partial charge on any atom is 0.149 e. The fourth-order valence-corrected chi connectivity index (χ4v) is 9.14. The molecule has 0 saturated heterocycles. The number of aromatic nitrogens is 3. The normalized spacial score (nSPS) is 12.1. The summed E-state index contributed by atoms with van der Waals surface area (Å²) in [6, 6.07) is 58.8. The third-order valence-electron chi connectivity index (χ3n) is 13.0. The minimum atomic E-state index is -0.292. The predicted octanol–water partition coefficient (Wildman–Crippen LogP) is 17.0. The summed E-state index contributed by atoms with van der Waals surface area (Å²) in [7, 11) is 0. The Morgan fingerprint density at radius 3 is 1.73 bits per heavy atom. The fraction of sp³-hybridized carbons (Fsp3) is 0.226. The van der Waals surface area contributed by atoms with E-state index in [0.717, 1.165) is 72.5 Å². The molecule has 0 atom stereocenters. The van der Waals surface area contributed by atoms with Gasteiger partial charge >= 0.3 is 0 Å². The molecule has 66 heavy (non-hydrogen) atoms. The average molecular weight is 864 g/mol. The van der Waals surface area contributed by atoms with Gasteiger partial charge in [-0.1, -0.05) is 178 Å². The van der Waals surface area contributed by atoms with Crippen LogP contribution in [0.3, 0.4) is 0 Å². The number of pyridine rings is 1. The summed E-state index contributed by atoms with van der Waals surface area (Å²) in [5.41, 5.74) is 18.6. The Bertz CT molecular complexity index is 3190. The van der Waals surface area contributed by atoms with Crippen molar-refractivity contribution < 1.29 is 5.11 Å². The second-order valence-electron chi connectivity index (χ2n) is 20.5. The van der Waals surface area contributed by atoms with E-state index in [1.807, 2.05) is 24.4 Å². The van der Waals surface area contributed by atoms with Crippen molar-refractivity contribution >= 4 is 11.0 Å². The molecule has 4 heteroatoms. The van der Waals surface area contributed by atoms with E-state index >= 15 is 0 Å². The van der Waals surface area contributed by atoms with Gasteiger partial charge in [0, 0.05) is 22.9 Å². The summed E-state index contributed by atoms with van der Waals surface area (Å²) >= 11 is 0. The Labute approximate surface area is 391 Å². The summed E-state index contributed by atoms with van der Waals surface area (Å²) in [5.74, 6) is 1.76. The highest BCUT2D eigenvalue weighted by Crippen LogP contribution is 2.45. The van der Waals surface area contributed by atoms with Crippen LogP contribution in [-0.4, -0.2) is 19.6 Å². The molecule has 0 aliphatic heterocycles. The van der Waals surface area contributed by atoms with Gasteiger partial charge in [-0.3, -0.25) is 9.55 Å². The van der Waals surface area contributed by atoms with Crippen LogP contribution in [0.25, 0.3) is 83.9 Å². The smallest absolute Gasteiger partial charge is 0.149 e. The molecule has 0 amide bonds. The second kappa shape index (κ2) is 17.4. The molecule has 9 aromatic rings. The molecule has 330 valence electrons. The van der Waals surface area contributed by atoms with Crippen molar-refractivity contribution in [2.24, 2.45) is 0 Å². The molecular formula is C62H61N3O. The molecule has 9 rings (SSSR count). The molecule has 0 aliphatic carbocycles. The number of rotatable bonds is 9. The van der Waals surface area contributed by atoms with E-state index in [2.05, 4.69) is 219 Å². The molecule has 1 N–H and O–H groups in total. The van der Waals surface area contributed by atoms with Gasteiger partial charge in [0.2, 0.25) is 0 Å². The number of phenolic OH excluding ortho intramolecular Hbond substituents is 1. The first-order chi connectivity index (χ1) is 31.5. The van der Waals surface area contributed by atoms with E-state index in [4.69, 9.17) is 9.97 Å². The van der Waals surface area contributed by atoms with Crippen LogP contribution in [0.2, 0.25) is 0 Å². The number of para-hydroxylation sites is 2.